The molecule has 0 N–H and O–H groups in total. The summed E-state index contributed by atoms with van der Waals surface area (Å²) in [6.07, 6.45) is 5.63. The summed E-state index contributed by atoms with van der Waals surface area (Å²) in [6, 6.07) is 21.5. The minimum atomic E-state index is -0.375. The van der Waals surface area contributed by atoms with Crippen molar-refractivity contribution in [2.45, 2.75) is 26.2 Å². The smallest absolute Gasteiger partial charge is 0.338 e. The molecule has 0 saturated heterocycles. The number of carbonyl (C=O) groups excluding carboxylic acids is 2. The van der Waals surface area contributed by atoms with Gasteiger partial charge in [0.25, 0.3) is 0 Å². The van der Waals surface area contributed by atoms with Crippen molar-refractivity contribution >= 4 is 36.0 Å². The standard InChI is InChI=1S/C30H28O3S/c1-20-4-9-22(10-5-20)26-19-30(2,3)27-18-24(13-14-25(26)27)28(31)15-8-21-6-11-23(12-7-21)29(32)33-16-17-34/h4-15,18-19,34H,16-17H2,1-3H3/b15-8+. The zero-order valence-corrected chi connectivity index (χ0v) is 20.6. The van der Waals surface area contributed by atoms with E-state index in [4.69, 9.17) is 4.74 Å². The zero-order chi connectivity index (χ0) is 24.3. The maximum atomic E-state index is 12.9. The normalized spacial score (nSPS) is 14.1. The average Bonchev–Trinajstić information content (AvgIpc) is 3.12. The molecule has 1 aliphatic carbocycles. The van der Waals surface area contributed by atoms with Gasteiger partial charge in [-0.05, 0) is 59.0 Å². The Labute approximate surface area is 206 Å². The van der Waals surface area contributed by atoms with Crippen LogP contribution in [0, 0.1) is 6.92 Å². The van der Waals surface area contributed by atoms with E-state index in [1.807, 2.05) is 12.1 Å². The number of allylic oxidation sites excluding steroid dienone is 2. The minimum Gasteiger partial charge on any atom is -0.461 e. The van der Waals surface area contributed by atoms with Crippen molar-refractivity contribution in [3.8, 4) is 0 Å². The molecule has 0 atom stereocenters. The molecule has 4 rings (SSSR count). The lowest BCUT2D eigenvalue weighted by molar-refractivity contribution is 0.0530. The van der Waals surface area contributed by atoms with E-state index >= 15 is 0 Å². The molecule has 0 amide bonds. The van der Waals surface area contributed by atoms with Crippen molar-refractivity contribution in [2.75, 3.05) is 12.4 Å². The number of ketones is 1. The first-order valence-corrected chi connectivity index (χ1v) is 12.0. The van der Waals surface area contributed by atoms with E-state index in [2.05, 4.69) is 69.8 Å². The van der Waals surface area contributed by atoms with Crippen molar-refractivity contribution in [1.29, 1.82) is 0 Å². The monoisotopic (exact) mass is 468 g/mol. The summed E-state index contributed by atoms with van der Waals surface area (Å²) in [5.74, 6) is 0.0532. The van der Waals surface area contributed by atoms with Crippen LogP contribution in [0.1, 0.15) is 62.4 Å². The number of rotatable bonds is 7. The number of hydrogen-bond acceptors (Lipinski definition) is 4. The van der Waals surface area contributed by atoms with E-state index in [1.54, 1.807) is 36.4 Å². The molecule has 3 nitrogen and oxygen atoms in total. The number of esters is 1. The van der Waals surface area contributed by atoms with Crippen molar-refractivity contribution in [3.05, 3.63) is 118 Å². The molecule has 0 aromatic heterocycles. The molecule has 34 heavy (non-hydrogen) atoms. The second-order valence-corrected chi connectivity index (χ2v) is 9.53. The van der Waals surface area contributed by atoms with Crippen molar-refractivity contribution < 1.29 is 14.3 Å². The Kier molecular flexibility index (Phi) is 6.90. The van der Waals surface area contributed by atoms with Gasteiger partial charge in [-0.15, -0.1) is 0 Å². The van der Waals surface area contributed by atoms with E-state index < -0.39 is 0 Å². The van der Waals surface area contributed by atoms with Crippen LogP contribution in [0.4, 0.5) is 0 Å². The third kappa shape index (κ3) is 5.07. The second kappa shape index (κ2) is 9.86. The SMILES string of the molecule is Cc1ccc(C2=CC(C)(C)c3cc(C(=O)/C=C/c4ccc(C(=O)OCCS)cc4)ccc32)cc1. The Hall–Kier alpha value is -3.37. The highest BCUT2D eigenvalue weighted by Crippen LogP contribution is 2.43. The molecule has 172 valence electrons. The molecule has 0 unspecified atom stereocenters. The second-order valence-electron chi connectivity index (χ2n) is 9.09. The maximum Gasteiger partial charge on any atom is 0.338 e. The van der Waals surface area contributed by atoms with Crippen LogP contribution in [0.2, 0.25) is 0 Å². The summed E-state index contributed by atoms with van der Waals surface area (Å²) in [4.78, 5) is 24.8. The van der Waals surface area contributed by atoms with Crippen molar-refractivity contribution in [2.24, 2.45) is 0 Å². The molecule has 3 aromatic rings. The number of hydrogen-bond donors (Lipinski definition) is 1. The fraction of sp³-hybridized carbons (Fsp3) is 0.200. The number of ether oxygens (including phenoxy) is 1. The van der Waals surface area contributed by atoms with Crippen molar-refractivity contribution in [3.63, 3.8) is 0 Å². The highest BCUT2D eigenvalue weighted by atomic mass is 32.1. The van der Waals surface area contributed by atoms with Crippen LogP contribution in [0.15, 0.2) is 78.9 Å². The van der Waals surface area contributed by atoms with E-state index in [9.17, 15) is 9.59 Å². The van der Waals surface area contributed by atoms with Gasteiger partial charge in [-0.3, -0.25) is 4.79 Å². The Morgan fingerprint density at radius 1 is 0.941 bits per heavy atom. The van der Waals surface area contributed by atoms with E-state index in [-0.39, 0.29) is 23.8 Å². The first-order chi connectivity index (χ1) is 16.3. The zero-order valence-electron chi connectivity index (χ0n) is 19.7. The lowest BCUT2D eigenvalue weighted by Gasteiger charge is -2.18. The fourth-order valence-electron chi connectivity index (χ4n) is 4.17. The van der Waals surface area contributed by atoms with Gasteiger partial charge in [-0.2, -0.15) is 12.6 Å². The average molecular weight is 469 g/mol. The summed E-state index contributed by atoms with van der Waals surface area (Å²) in [5.41, 5.74) is 7.78. The maximum absolute atomic E-state index is 12.9. The summed E-state index contributed by atoms with van der Waals surface area (Å²) in [6.45, 7) is 6.72. The Bertz CT molecular complexity index is 1280. The van der Waals surface area contributed by atoms with Gasteiger partial charge in [-0.1, -0.05) is 80.1 Å². The summed E-state index contributed by atoms with van der Waals surface area (Å²) < 4.78 is 5.08. The van der Waals surface area contributed by atoms with Gasteiger partial charge >= 0.3 is 5.97 Å². The number of thiol groups is 1. The number of carbonyl (C=O) groups is 2. The van der Waals surface area contributed by atoms with Gasteiger partial charge < -0.3 is 4.74 Å². The number of fused-ring (bicyclic) bond motifs is 1. The first kappa shape index (κ1) is 23.8. The third-order valence-electron chi connectivity index (χ3n) is 6.05. The van der Waals surface area contributed by atoms with Gasteiger partial charge in [0, 0.05) is 16.7 Å². The van der Waals surface area contributed by atoms with Gasteiger partial charge in [0.2, 0.25) is 0 Å². The van der Waals surface area contributed by atoms with Crippen LogP contribution in [0.5, 0.6) is 0 Å². The Balaban J connectivity index is 1.52. The topological polar surface area (TPSA) is 43.4 Å². The Morgan fingerprint density at radius 3 is 2.29 bits per heavy atom. The number of benzene rings is 3. The van der Waals surface area contributed by atoms with Gasteiger partial charge in [0.05, 0.1) is 5.56 Å². The molecule has 4 heteroatoms. The van der Waals surface area contributed by atoms with Crippen LogP contribution in [0.25, 0.3) is 11.6 Å². The van der Waals surface area contributed by atoms with Gasteiger partial charge in [0.1, 0.15) is 6.61 Å². The predicted octanol–water partition coefficient (Wildman–Crippen LogP) is 6.70. The van der Waals surface area contributed by atoms with Crippen LogP contribution < -0.4 is 0 Å². The molecule has 0 bridgehead atoms. The molecule has 0 heterocycles. The molecule has 0 aliphatic heterocycles. The Morgan fingerprint density at radius 2 is 1.62 bits per heavy atom. The summed E-state index contributed by atoms with van der Waals surface area (Å²) in [7, 11) is 0. The molecule has 0 spiro atoms. The molecule has 1 aliphatic rings. The highest BCUT2D eigenvalue weighted by Gasteiger charge is 2.31. The number of aryl methyl sites for hydroxylation is 1. The van der Waals surface area contributed by atoms with E-state index in [1.165, 1.54) is 22.3 Å². The first-order valence-electron chi connectivity index (χ1n) is 11.3. The van der Waals surface area contributed by atoms with Crippen molar-refractivity contribution in [1.82, 2.24) is 0 Å². The van der Waals surface area contributed by atoms with Crippen LogP contribution in [-0.2, 0) is 10.2 Å². The lowest BCUT2D eigenvalue weighted by atomic mass is 9.85. The molecule has 0 radical (unpaired) electrons. The predicted molar refractivity (Wildman–Crippen MR) is 142 cm³/mol. The van der Waals surface area contributed by atoms with Crippen LogP contribution in [-0.4, -0.2) is 24.1 Å². The summed E-state index contributed by atoms with van der Waals surface area (Å²) in [5, 5.41) is 0. The highest BCUT2D eigenvalue weighted by molar-refractivity contribution is 7.80. The largest absolute Gasteiger partial charge is 0.461 e. The minimum absolute atomic E-state index is 0.0559. The molecular formula is C30H28O3S. The van der Waals surface area contributed by atoms with Gasteiger partial charge in [-0.25, -0.2) is 4.79 Å². The van der Waals surface area contributed by atoms with Gasteiger partial charge in [0.15, 0.2) is 5.78 Å². The molecule has 0 fully saturated rings. The van der Waals surface area contributed by atoms with E-state index in [0.717, 1.165) is 11.1 Å². The van der Waals surface area contributed by atoms with E-state index in [0.29, 0.717) is 16.9 Å². The molecule has 3 aromatic carbocycles. The molecular weight excluding hydrogens is 440 g/mol. The van der Waals surface area contributed by atoms with Crippen LogP contribution in [0.3, 0.4) is 0 Å². The fourth-order valence-corrected chi connectivity index (χ4v) is 4.27. The quantitative estimate of drug-likeness (QED) is 0.182. The summed E-state index contributed by atoms with van der Waals surface area (Å²) >= 11 is 4.03. The molecule has 0 saturated carbocycles. The lowest BCUT2D eigenvalue weighted by Crippen LogP contribution is -2.11. The third-order valence-corrected chi connectivity index (χ3v) is 6.24. The van der Waals surface area contributed by atoms with Crippen LogP contribution >= 0.6 is 12.6 Å².